The van der Waals surface area contributed by atoms with Gasteiger partial charge in [0.15, 0.2) is 0 Å². The van der Waals surface area contributed by atoms with Gasteiger partial charge < -0.3 is 4.74 Å². The first kappa shape index (κ1) is 33.8. The minimum absolute atomic E-state index is 0.264. The lowest BCUT2D eigenvalue weighted by atomic mass is 9.65. The minimum atomic E-state index is 0.264. The summed E-state index contributed by atoms with van der Waals surface area (Å²) >= 11 is 0. The molecule has 3 aromatic heterocycles. The molecule has 0 amide bonds. The van der Waals surface area contributed by atoms with Gasteiger partial charge in [0, 0.05) is 46.3 Å². The molecule has 0 spiro atoms. The number of hydrogen-bond acceptors (Lipinski definition) is 3. The van der Waals surface area contributed by atoms with Gasteiger partial charge in [-0.15, -0.1) is 0 Å². The average molecular weight is 665 g/mol. The lowest BCUT2D eigenvalue weighted by Gasteiger charge is -2.39. The molecule has 50 heavy (non-hydrogen) atoms. The van der Waals surface area contributed by atoms with Gasteiger partial charge in [-0.05, 0) is 110 Å². The molecule has 0 N–H and O–H groups in total. The summed E-state index contributed by atoms with van der Waals surface area (Å²) in [6, 6.07) is 25.9. The Labute approximate surface area is 298 Å². The van der Waals surface area contributed by atoms with Crippen LogP contribution in [0.2, 0.25) is 0 Å². The van der Waals surface area contributed by atoms with Gasteiger partial charge in [0.2, 0.25) is 0 Å². The van der Waals surface area contributed by atoms with Gasteiger partial charge in [0.1, 0.15) is 17.3 Å². The first-order valence-electron chi connectivity index (χ1n) is 18.4. The molecular formula is C45H52N4O. The number of aromatic nitrogens is 4. The number of allylic oxidation sites excluding steroid dienone is 2. The fourth-order valence-corrected chi connectivity index (χ4v) is 8.27. The number of pyridine rings is 1. The third-order valence-corrected chi connectivity index (χ3v) is 11.1. The summed E-state index contributed by atoms with van der Waals surface area (Å²) in [6.45, 7) is 22.9. The van der Waals surface area contributed by atoms with E-state index in [9.17, 15) is 0 Å². The highest BCUT2D eigenvalue weighted by Gasteiger charge is 2.36. The topological polar surface area (TPSA) is 44.9 Å². The van der Waals surface area contributed by atoms with Crippen LogP contribution < -0.4 is 4.74 Å². The number of aryl methyl sites for hydroxylation is 2. The second-order valence-corrected chi connectivity index (χ2v) is 16.0. The monoisotopic (exact) mass is 664 g/mol. The second kappa shape index (κ2) is 12.9. The van der Waals surface area contributed by atoms with E-state index in [2.05, 4.69) is 157 Å². The zero-order valence-corrected chi connectivity index (χ0v) is 31.5. The van der Waals surface area contributed by atoms with E-state index < -0.39 is 0 Å². The molecule has 5 nitrogen and oxygen atoms in total. The third kappa shape index (κ3) is 6.05. The first-order valence-corrected chi connectivity index (χ1v) is 18.4. The molecule has 1 aliphatic carbocycles. The van der Waals surface area contributed by atoms with E-state index in [1.54, 1.807) is 0 Å². The molecule has 258 valence electrons. The summed E-state index contributed by atoms with van der Waals surface area (Å²) in [5, 5.41) is 7.57. The lowest BCUT2D eigenvalue weighted by molar-refractivity contribution is 0.224. The van der Waals surface area contributed by atoms with Gasteiger partial charge in [0.25, 0.3) is 0 Å². The van der Waals surface area contributed by atoms with Crippen molar-refractivity contribution in [3.63, 3.8) is 0 Å². The van der Waals surface area contributed by atoms with E-state index in [4.69, 9.17) is 14.8 Å². The lowest BCUT2D eigenvalue weighted by Crippen LogP contribution is -2.28. The van der Waals surface area contributed by atoms with Crippen molar-refractivity contribution < 1.29 is 4.74 Å². The number of rotatable bonds is 7. The quantitative estimate of drug-likeness (QED) is 0.160. The summed E-state index contributed by atoms with van der Waals surface area (Å²) in [5.41, 5.74) is 11.1. The molecule has 0 saturated heterocycles. The van der Waals surface area contributed by atoms with Gasteiger partial charge in [-0.1, -0.05) is 78.3 Å². The smallest absolute Gasteiger partial charge is 0.137 e. The van der Waals surface area contributed by atoms with Crippen molar-refractivity contribution in [2.75, 3.05) is 0 Å². The molecule has 6 aromatic rings. The molecule has 0 bridgehead atoms. The fraction of sp³-hybridized carbons (Fsp3) is 0.378. The van der Waals surface area contributed by atoms with Crippen LogP contribution in [0.25, 0.3) is 33.3 Å². The molecule has 3 heterocycles. The first-order chi connectivity index (χ1) is 23.8. The molecule has 1 unspecified atom stereocenters. The van der Waals surface area contributed by atoms with Gasteiger partial charge in [-0.3, -0.25) is 4.57 Å². The molecule has 3 aromatic carbocycles. The van der Waals surface area contributed by atoms with Crippen molar-refractivity contribution >= 4 is 21.8 Å². The van der Waals surface area contributed by atoms with Crippen molar-refractivity contribution in [1.29, 1.82) is 0 Å². The van der Waals surface area contributed by atoms with E-state index in [-0.39, 0.29) is 5.41 Å². The van der Waals surface area contributed by atoms with Crippen LogP contribution in [0.1, 0.15) is 102 Å². The minimum Gasteiger partial charge on any atom is -0.457 e. The number of nitrogens with zero attached hydrogens (tertiary/aromatic N) is 4. The van der Waals surface area contributed by atoms with Gasteiger partial charge >= 0.3 is 0 Å². The maximum atomic E-state index is 6.76. The summed E-state index contributed by atoms with van der Waals surface area (Å²) < 4.78 is 11.2. The summed E-state index contributed by atoms with van der Waals surface area (Å²) in [7, 11) is 0. The maximum absolute atomic E-state index is 6.76. The molecular weight excluding hydrogens is 613 g/mol. The maximum Gasteiger partial charge on any atom is 0.137 e. The summed E-state index contributed by atoms with van der Waals surface area (Å²) in [5.74, 6) is 4.35. The molecule has 7 rings (SSSR count). The molecule has 0 aliphatic heterocycles. The largest absolute Gasteiger partial charge is 0.457 e. The van der Waals surface area contributed by atoms with E-state index >= 15 is 0 Å². The summed E-state index contributed by atoms with van der Waals surface area (Å²) in [4.78, 5) is 4.80. The van der Waals surface area contributed by atoms with Crippen molar-refractivity contribution in [2.45, 2.75) is 93.9 Å². The Balaban J connectivity index is 1.29. The van der Waals surface area contributed by atoms with Crippen LogP contribution in [0.5, 0.6) is 11.5 Å². The second-order valence-electron chi connectivity index (χ2n) is 16.0. The van der Waals surface area contributed by atoms with E-state index in [0.29, 0.717) is 23.7 Å². The third-order valence-electron chi connectivity index (χ3n) is 11.1. The van der Waals surface area contributed by atoms with Crippen LogP contribution in [-0.4, -0.2) is 19.3 Å². The Hall–Kier alpha value is -4.64. The number of fused-ring (bicyclic) bond motifs is 3. The predicted molar refractivity (Wildman–Crippen MR) is 208 cm³/mol. The number of para-hydroxylation sites is 1. The van der Waals surface area contributed by atoms with E-state index in [1.165, 1.54) is 45.2 Å². The predicted octanol–water partition coefficient (Wildman–Crippen LogP) is 12.2. The van der Waals surface area contributed by atoms with Crippen LogP contribution in [0.4, 0.5) is 0 Å². The van der Waals surface area contributed by atoms with Crippen LogP contribution in [-0.2, 0) is 6.42 Å². The van der Waals surface area contributed by atoms with Crippen molar-refractivity contribution in [3.8, 4) is 23.0 Å². The summed E-state index contributed by atoms with van der Waals surface area (Å²) in [6.07, 6.45) is 6.60. The van der Waals surface area contributed by atoms with Crippen LogP contribution in [0.15, 0.2) is 90.6 Å². The molecule has 3 atom stereocenters. The van der Waals surface area contributed by atoms with Crippen molar-refractivity contribution in [1.82, 2.24) is 19.3 Å². The molecule has 0 radical (unpaired) electrons. The van der Waals surface area contributed by atoms with Crippen LogP contribution in [0.3, 0.4) is 0 Å². The Morgan fingerprint density at radius 2 is 1.64 bits per heavy atom. The zero-order valence-electron chi connectivity index (χ0n) is 31.5. The average Bonchev–Trinajstić information content (AvgIpc) is 3.56. The molecule has 0 saturated carbocycles. The van der Waals surface area contributed by atoms with Crippen LogP contribution >= 0.6 is 0 Å². The Morgan fingerprint density at radius 3 is 2.36 bits per heavy atom. The highest BCUT2D eigenvalue weighted by Crippen LogP contribution is 2.47. The van der Waals surface area contributed by atoms with Gasteiger partial charge in [-0.25, -0.2) is 9.67 Å². The molecule has 5 heteroatoms. The Morgan fingerprint density at radius 1 is 0.880 bits per heavy atom. The van der Waals surface area contributed by atoms with Gasteiger partial charge in [0.05, 0.1) is 22.4 Å². The Kier molecular flexibility index (Phi) is 8.74. The van der Waals surface area contributed by atoms with Gasteiger partial charge in [-0.2, -0.15) is 5.10 Å². The normalized spacial score (nSPS) is 18.3. The number of ether oxygens (including phenoxy) is 1. The van der Waals surface area contributed by atoms with E-state index in [1.807, 2.05) is 6.20 Å². The van der Waals surface area contributed by atoms with Crippen molar-refractivity contribution in [3.05, 3.63) is 119 Å². The zero-order chi connectivity index (χ0) is 35.5. The standard InChI is InChI=1S/C45H52N4O/c1-11-32-18-19-46-42(22-32)48-40-15-13-12-14-38(40)39-17-16-36(26-41(39)48)50-37-24-33(27(2)3)23-35(25-37)49-31(7)44(30(6)47-49)43-28(4)20-34(21-29(43)5)45(8,9)10/h12-20,22-27,29,34,43H,11,21H2,1-10H3/t29-,34-,43?/m0/s1. The van der Waals surface area contributed by atoms with E-state index in [0.717, 1.165) is 46.2 Å². The fourth-order valence-electron chi connectivity index (χ4n) is 8.27. The highest BCUT2D eigenvalue weighted by molar-refractivity contribution is 6.09. The SMILES string of the molecule is CCc1ccnc(-n2c3ccccc3c3ccc(Oc4cc(C(C)C)cc(-n5nc(C)c(C6C(C)=C[C@H](C(C)(C)C)C[C@@H]6C)c5C)c4)cc32)c1. The Bertz CT molecular complexity index is 2240. The highest BCUT2D eigenvalue weighted by atomic mass is 16.5. The number of hydrogen-bond donors (Lipinski definition) is 0. The van der Waals surface area contributed by atoms with Crippen molar-refractivity contribution in [2.24, 2.45) is 17.3 Å². The molecule has 0 fully saturated rings. The number of benzene rings is 3. The molecule has 1 aliphatic rings. The van der Waals surface area contributed by atoms with Crippen LogP contribution in [0, 0.1) is 31.1 Å².